The molecule has 0 saturated carbocycles. The molecule has 2 atom stereocenters. The number of carbonyl (C=O) groups is 1. The summed E-state index contributed by atoms with van der Waals surface area (Å²) in [6.07, 6.45) is 1.77. The van der Waals surface area contributed by atoms with Crippen LogP contribution in [0, 0.1) is 0 Å². The van der Waals surface area contributed by atoms with Crippen molar-refractivity contribution in [3.8, 4) is 5.69 Å². The van der Waals surface area contributed by atoms with Gasteiger partial charge in [-0.3, -0.25) is 14.2 Å². The number of rotatable bonds is 8. The van der Waals surface area contributed by atoms with Gasteiger partial charge >= 0.3 is 0 Å². The molecule has 1 N–H and O–H groups in total. The fourth-order valence-electron chi connectivity index (χ4n) is 3.45. The number of fused-ring (bicyclic) bond motifs is 1. The van der Waals surface area contributed by atoms with E-state index in [4.69, 9.17) is 4.98 Å². The molecular weight excluding hydrogens is 438 g/mol. The first-order valence-electron chi connectivity index (χ1n) is 10.6. The number of hydrogen-bond acceptors (Lipinski definition) is 5. The SMILES string of the molecule is C[C@@H](CCc1ccccc1)NC(=O)[C@@H](C)Sc1nc2sccc2c(=O)n1-c1ccccc1. The summed E-state index contributed by atoms with van der Waals surface area (Å²) < 4.78 is 1.60. The topological polar surface area (TPSA) is 64.0 Å². The molecule has 0 radical (unpaired) electrons. The monoisotopic (exact) mass is 463 g/mol. The van der Waals surface area contributed by atoms with Crippen LogP contribution < -0.4 is 10.9 Å². The molecule has 0 bridgehead atoms. The van der Waals surface area contributed by atoms with Crippen LogP contribution in [-0.2, 0) is 11.2 Å². The van der Waals surface area contributed by atoms with Crippen LogP contribution in [0.15, 0.2) is 82.1 Å². The lowest BCUT2D eigenvalue weighted by molar-refractivity contribution is -0.120. The van der Waals surface area contributed by atoms with Gasteiger partial charge in [-0.25, -0.2) is 4.98 Å². The molecule has 4 aromatic rings. The quantitative estimate of drug-likeness (QED) is 0.293. The van der Waals surface area contributed by atoms with E-state index in [1.165, 1.54) is 28.7 Å². The zero-order valence-electron chi connectivity index (χ0n) is 18.0. The fraction of sp³-hybridized carbons (Fsp3) is 0.240. The molecule has 5 nitrogen and oxygen atoms in total. The van der Waals surface area contributed by atoms with E-state index in [-0.39, 0.29) is 17.5 Å². The number of benzene rings is 2. The van der Waals surface area contributed by atoms with Gasteiger partial charge in [-0.15, -0.1) is 11.3 Å². The average molecular weight is 464 g/mol. The van der Waals surface area contributed by atoms with Gasteiger partial charge in [0.1, 0.15) is 4.83 Å². The standard InChI is InChI=1S/C25H25N3O2S2/c1-17(13-14-19-9-5-3-6-10-19)26-22(29)18(2)32-25-27-23-21(15-16-31-23)24(30)28(25)20-11-7-4-8-12-20/h3-12,15-18H,13-14H2,1-2H3,(H,26,29)/t17-,18+/m0/s1. The first kappa shape index (κ1) is 22.3. The second-order valence-electron chi connectivity index (χ2n) is 7.70. The Morgan fingerprint density at radius 1 is 1.06 bits per heavy atom. The summed E-state index contributed by atoms with van der Waals surface area (Å²) in [7, 11) is 0. The molecule has 0 aliphatic heterocycles. The van der Waals surface area contributed by atoms with E-state index in [1.807, 2.05) is 67.8 Å². The van der Waals surface area contributed by atoms with Gasteiger partial charge in [-0.2, -0.15) is 0 Å². The summed E-state index contributed by atoms with van der Waals surface area (Å²) in [5.41, 5.74) is 1.88. The van der Waals surface area contributed by atoms with Crippen LogP contribution in [0.25, 0.3) is 15.9 Å². The Bertz CT molecular complexity index is 1250. The van der Waals surface area contributed by atoms with Gasteiger partial charge in [0.2, 0.25) is 5.91 Å². The van der Waals surface area contributed by atoms with Gasteiger partial charge in [0, 0.05) is 6.04 Å². The number of para-hydroxylation sites is 1. The minimum absolute atomic E-state index is 0.0507. The second kappa shape index (κ2) is 10.1. The number of thioether (sulfide) groups is 1. The van der Waals surface area contributed by atoms with Crippen molar-refractivity contribution in [2.24, 2.45) is 0 Å². The minimum Gasteiger partial charge on any atom is -0.353 e. The van der Waals surface area contributed by atoms with Gasteiger partial charge in [0.15, 0.2) is 5.16 Å². The van der Waals surface area contributed by atoms with E-state index in [0.717, 1.165) is 18.5 Å². The van der Waals surface area contributed by atoms with E-state index < -0.39 is 5.25 Å². The smallest absolute Gasteiger partial charge is 0.267 e. The molecule has 0 unspecified atom stereocenters. The van der Waals surface area contributed by atoms with Gasteiger partial charge in [0.05, 0.1) is 16.3 Å². The number of nitrogens with one attached hydrogen (secondary N) is 1. The van der Waals surface area contributed by atoms with Crippen molar-refractivity contribution in [2.45, 2.75) is 43.1 Å². The third-order valence-corrected chi connectivity index (χ3v) is 7.09. The molecular formula is C25H25N3O2S2. The van der Waals surface area contributed by atoms with Crippen molar-refractivity contribution in [1.82, 2.24) is 14.9 Å². The summed E-state index contributed by atoms with van der Waals surface area (Å²) in [4.78, 5) is 31.4. The molecule has 0 spiro atoms. The highest BCUT2D eigenvalue weighted by atomic mass is 32.2. The molecule has 0 saturated heterocycles. The van der Waals surface area contributed by atoms with Crippen LogP contribution in [0.3, 0.4) is 0 Å². The molecule has 4 rings (SSSR count). The number of hydrogen-bond donors (Lipinski definition) is 1. The van der Waals surface area contributed by atoms with Crippen molar-refractivity contribution in [2.75, 3.05) is 0 Å². The Morgan fingerprint density at radius 2 is 1.75 bits per heavy atom. The maximum Gasteiger partial charge on any atom is 0.267 e. The van der Waals surface area contributed by atoms with E-state index in [9.17, 15) is 9.59 Å². The number of nitrogens with zero attached hydrogens (tertiary/aromatic N) is 2. The summed E-state index contributed by atoms with van der Waals surface area (Å²) in [5.74, 6) is -0.0595. The first-order chi connectivity index (χ1) is 15.5. The molecule has 2 heterocycles. The number of thiophene rings is 1. The average Bonchev–Trinajstić information content (AvgIpc) is 3.28. The Labute approximate surface area is 195 Å². The zero-order valence-corrected chi connectivity index (χ0v) is 19.7. The Balaban J connectivity index is 1.50. The molecule has 1 amide bonds. The van der Waals surface area contributed by atoms with Gasteiger partial charge in [0.25, 0.3) is 5.56 Å². The molecule has 2 aromatic carbocycles. The van der Waals surface area contributed by atoms with Crippen molar-refractivity contribution in [1.29, 1.82) is 0 Å². The van der Waals surface area contributed by atoms with Crippen LogP contribution in [0.4, 0.5) is 0 Å². The lowest BCUT2D eigenvalue weighted by Crippen LogP contribution is -2.38. The van der Waals surface area contributed by atoms with E-state index in [1.54, 1.807) is 10.6 Å². The Kier molecular flexibility index (Phi) is 7.07. The number of aryl methyl sites for hydroxylation is 1. The Morgan fingerprint density at radius 3 is 2.47 bits per heavy atom. The van der Waals surface area contributed by atoms with Gasteiger partial charge in [-0.05, 0) is 55.8 Å². The number of carbonyl (C=O) groups excluding carboxylic acids is 1. The lowest BCUT2D eigenvalue weighted by atomic mass is 10.1. The van der Waals surface area contributed by atoms with E-state index in [0.29, 0.717) is 15.4 Å². The van der Waals surface area contributed by atoms with Crippen LogP contribution in [0.5, 0.6) is 0 Å². The number of aromatic nitrogens is 2. The lowest BCUT2D eigenvalue weighted by Gasteiger charge is -2.19. The predicted octanol–water partition coefficient (Wildman–Crippen LogP) is 5.07. The largest absolute Gasteiger partial charge is 0.353 e. The van der Waals surface area contributed by atoms with E-state index in [2.05, 4.69) is 17.4 Å². The highest BCUT2D eigenvalue weighted by Gasteiger charge is 2.21. The summed E-state index contributed by atoms with van der Waals surface area (Å²) in [6.45, 7) is 3.87. The van der Waals surface area contributed by atoms with Crippen molar-refractivity contribution in [3.63, 3.8) is 0 Å². The molecule has 0 aliphatic carbocycles. The summed E-state index contributed by atoms with van der Waals surface area (Å²) >= 11 is 2.74. The zero-order chi connectivity index (χ0) is 22.5. The maximum absolute atomic E-state index is 13.2. The van der Waals surface area contributed by atoms with Crippen molar-refractivity contribution in [3.05, 3.63) is 88.0 Å². The molecule has 164 valence electrons. The van der Waals surface area contributed by atoms with E-state index >= 15 is 0 Å². The summed E-state index contributed by atoms with van der Waals surface area (Å²) in [5, 5.41) is 5.69. The Hall–Kier alpha value is -2.90. The number of amides is 1. The third kappa shape index (κ3) is 5.11. The predicted molar refractivity (Wildman–Crippen MR) is 133 cm³/mol. The van der Waals surface area contributed by atoms with Crippen LogP contribution in [0.2, 0.25) is 0 Å². The van der Waals surface area contributed by atoms with Crippen molar-refractivity contribution < 1.29 is 4.79 Å². The third-order valence-electron chi connectivity index (χ3n) is 5.23. The highest BCUT2D eigenvalue weighted by molar-refractivity contribution is 8.00. The molecule has 0 aliphatic rings. The normalized spacial score (nSPS) is 13.1. The van der Waals surface area contributed by atoms with Crippen LogP contribution in [0.1, 0.15) is 25.8 Å². The second-order valence-corrected chi connectivity index (χ2v) is 9.91. The fourth-order valence-corrected chi connectivity index (χ4v) is 5.19. The van der Waals surface area contributed by atoms with Crippen molar-refractivity contribution >= 4 is 39.2 Å². The molecule has 0 fully saturated rings. The molecule has 7 heteroatoms. The van der Waals surface area contributed by atoms with Crippen LogP contribution >= 0.6 is 23.1 Å². The summed E-state index contributed by atoms with van der Waals surface area (Å²) in [6, 6.07) is 21.5. The molecule has 32 heavy (non-hydrogen) atoms. The van der Waals surface area contributed by atoms with Gasteiger partial charge < -0.3 is 5.32 Å². The van der Waals surface area contributed by atoms with Gasteiger partial charge in [-0.1, -0.05) is 60.3 Å². The highest BCUT2D eigenvalue weighted by Crippen LogP contribution is 2.27. The molecule has 2 aromatic heterocycles. The minimum atomic E-state index is -0.395. The first-order valence-corrected chi connectivity index (χ1v) is 12.4. The van der Waals surface area contributed by atoms with Crippen LogP contribution in [-0.4, -0.2) is 26.8 Å². The maximum atomic E-state index is 13.2.